The second-order valence-electron chi connectivity index (χ2n) is 5.44. The summed E-state index contributed by atoms with van der Waals surface area (Å²) in [4.78, 5) is 20.6. The number of benzene rings is 2. The number of hydrogen-bond donors (Lipinski definition) is 0. The largest absolute Gasteiger partial charge is 0.387 e. The monoisotopic (exact) mass is 301 g/mol. The second kappa shape index (κ2) is 5.65. The van der Waals surface area contributed by atoms with Crippen LogP contribution in [0.2, 0.25) is 0 Å². The Hall–Kier alpha value is -3.01. The van der Waals surface area contributed by atoms with Crippen molar-refractivity contribution in [2.24, 2.45) is 5.16 Å². The quantitative estimate of drug-likeness (QED) is 0.743. The lowest BCUT2D eigenvalue weighted by Gasteiger charge is -2.08. The summed E-state index contributed by atoms with van der Waals surface area (Å²) in [5.41, 5.74) is 4.45. The molecule has 111 valence electrons. The zero-order valence-electron chi connectivity index (χ0n) is 12.3. The maximum absolute atomic E-state index is 10.6. The number of aromatic nitrogens is 1. The van der Waals surface area contributed by atoms with Gasteiger partial charge in [-0.25, -0.2) is 0 Å². The molecule has 4 nitrogen and oxygen atoms in total. The Balaban J connectivity index is 1.63. The van der Waals surface area contributed by atoms with Crippen LogP contribution >= 0.6 is 0 Å². The van der Waals surface area contributed by atoms with Crippen molar-refractivity contribution in [1.82, 2.24) is 4.98 Å². The average molecular weight is 301 g/mol. The highest BCUT2D eigenvalue weighted by Gasteiger charge is 2.24. The van der Waals surface area contributed by atoms with Crippen molar-refractivity contribution in [3.63, 3.8) is 0 Å². The summed E-state index contributed by atoms with van der Waals surface area (Å²) >= 11 is 0. The first-order valence-corrected chi connectivity index (χ1v) is 7.40. The van der Waals surface area contributed by atoms with E-state index in [1.165, 1.54) is 0 Å². The zero-order valence-corrected chi connectivity index (χ0v) is 12.3. The third kappa shape index (κ3) is 2.48. The smallest absolute Gasteiger partial charge is 0.233 e. The second-order valence-corrected chi connectivity index (χ2v) is 5.44. The molecular weight excluding hydrogens is 288 g/mol. The van der Waals surface area contributed by atoms with Gasteiger partial charge in [0.15, 0.2) is 6.10 Å². The number of para-hydroxylation sites is 1. The SMILES string of the molecule is O=[C]c1ccc(C2CC(c3ccnc4ccccc34)=NO2)cc1. The molecule has 1 aliphatic heterocycles. The summed E-state index contributed by atoms with van der Waals surface area (Å²) in [5, 5.41) is 5.34. The summed E-state index contributed by atoms with van der Waals surface area (Å²) in [6.07, 6.45) is 4.23. The van der Waals surface area contributed by atoms with Crippen molar-refractivity contribution >= 4 is 22.9 Å². The van der Waals surface area contributed by atoms with Gasteiger partial charge in [-0.1, -0.05) is 47.6 Å². The van der Waals surface area contributed by atoms with Crippen molar-refractivity contribution in [3.05, 3.63) is 77.5 Å². The van der Waals surface area contributed by atoms with Gasteiger partial charge in [0.25, 0.3) is 0 Å². The molecule has 4 rings (SSSR count). The van der Waals surface area contributed by atoms with Gasteiger partial charge >= 0.3 is 0 Å². The van der Waals surface area contributed by atoms with E-state index in [1.54, 1.807) is 18.3 Å². The van der Waals surface area contributed by atoms with Crippen molar-refractivity contribution in [2.75, 3.05) is 0 Å². The van der Waals surface area contributed by atoms with E-state index >= 15 is 0 Å². The van der Waals surface area contributed by atoms with Gasteiger partial charge in [-0.15, -0.1) is 0 Å². The molecule has 0 saturated heterocycles. The van der Waals surface area contributed by atoms with E-state index in [4.69, 9.17) is 4.84 Å². The van der Waals surface area contributed by atoms with Crippen molar-refractivity contribution < 1.29 is 9.63 Å². The average Bonchev–Trinajstić information content (AvgIpc) is 3.11. The molecule has 2 heterocycles. The van der Waals surface area contributed by atoms with Crippen molar-refractivity contribution in [2.45, 2.75) is 12.5 Å². The Kier molecular flexibility index (Phi) is 3.35. The van der Waals surface area contributed by atoms with E-state index in [9.17, 15) is 4.79 Å². The Morgan fingerprint density at radius 3 is 2.70 bits per heavy atom. The van der Waals surface area contributed by atoms with Gasteiger partial charge in [-0.05, 0) is 17.7 Å². The van der Waals surface area contributed by atoms with Crippen LogP contribution in [0.3, 0.4) is 0 Å². The molecule has 4 heteroatoms. The number of hydrogen-bond acceptors (Lipinski definition) is 4. The molecule has 0 bridgehead atoms. The summed E-state index contributed by atoms with van der Waals surface area (Å²) in [6.45, 7) is 0. The van der Waals surface area contributed by atoms with Crippen LogP contribution in [-0.4, -0.2) is 17.0 Å². The Bertz CT molecular complexity index is 895. The predicted molar refractivity (Wildman–Crippen MR) is 88.0 cm³/mol. The van der Waals surface area contributed by atoms with Crippen LogP contribution in [0.4, 0.5) is 0 Å². The van der Waals surface area contributed by atoms with Gasteiger partial charge in [0.2, 0.25) is 6.29 Å². The number of nitrogens with zero attached hydrogens (tertiary/aromatic N) is 2. The molecule has 2 aromatic carbocycles. The van der Waals surface area contributed by atoms with Crippen LogP contribution in [0.1, 0.15) is 29.2 Å². The van der Waals surface area contributed by atoms with Crippen LogP contribution in [0.25, 0.3) is 10.9 Å². The highest BCUT2D eigenvalue weighted by Crippen LogP contribution is 2.31. The van der Waals surface area contributed by atoms with E-state index in [0.717, 1.165) is 27.7 Å². The summed E-state index contributed by atoms with van der Waals surface area (Å²) < 4.78 is 0. The molecule has 0 saturated carbocycles. The van der Waals surface area contributed by atoms with Gasteiger partial charge in [-0.3, -0.25) is 9.78 Å². The van der Waals surface area contributed by atoms with Crippen LogP contribution in [0, 0.1) is 0 Å². The number of oxime groups is 1. The molecule has 0 N–H and O–H groups in total. The lowest BCUT2D eigenvalue weighted by atomic mass is 9.97. The van der Waals surface area contributed by atoms with E-state index in [0.29, 0.717) is 12.0 Å². The van der Waals surface area contributed by atoms with Crippen LogP contribution < -0.4 is 0 Å². The molecule has 0 amide bonds. The summed E-state index contributed by atoms with van der Waals surface area (Å²) in [6, 6.07) is 17.2. The third-order valence-electron chi connectivity index (χ3n) is 4.03. The van der Waals surface area contributed by atoms with Crippen LogP contribution in [-0.2, 0) is 9.63 Å². The summed E-state index contributed by atoms with van der Waals surface area (Å²) in [5.74, 6) is 0. The van der Waals surface area contributed by atoms with E-state index < -0.39 is 0 Å². The fourth-order valence-corrected chi connectivity index (χ4v) is 2.83. The highest BCUT2D eigenvalue weighted by atomic mass is 16.6. The molecular formula is C19H13N2O2. The van der Waals surface area contributed by atoms with Gasteiger partial charge < -0.3 is 4.84 Å². The van der Waals surface area contributed by atoms with Gasteiger partial charge in [-0.2, -0.15) is 0 Å². The molecule has 23 heavy (non-hydrogen) atoms. The minimum Gasteiger partial charge on any atom is -0.387 e. The molecule has 0 aliphatic carbocycles. The maximum atomic E-state index is 10.6. The minimum atomic E-state index is -0.127. The van der Waals surface area contributed by atoms with Crippen molar-refractivity contribution in [3.8, 4) is 0 Å². The Morgan fingerprint density at radius 1 is 1.04 bits per heavy atom. The normalized spacial score (nSPS) is 16.9. The Labute approximate surface area is 133 Å². The number of fused-ring (bicyclic) bond motifs is 1. The lowest BCUT2D eigenvalue weighted by molar-refractivity contribution is 0.0857. The summed E-state index contributed by atoms with van der Waals surface area (Å²) in [7, 11) is 0. The fourth-order valence-electron chi connectivity index (χ4n) is 2.83. The molecule has 0 fully saturated rings. The van der Waals surface area contributed by atoms with Crippen molar-refractivity contribution in [1.29, 1.82) is 0 Å². The first kappa shape index (κ1) is 13.6. The minimum absolute atomic E-state index is 0.127. The van der Waals surface area contributed by atoms with E-state index in [1.807, 2.05) is 48.8 Å². The first-order chi connectivity index (χ1) is 11.3. The van der Waals surface area contributed by atoms with E-state index in [2.05, 4.69) is 10.1 Å². The third-order valence-corrected chi connectivity index (χ3v) is 4.03. The molecule has 1 aliphatic rings. The zero-order chi connectivity index (χ0) is 15.6. The number of pyridine rings is 1. The first-order valence-electron chi connectivity index (χ1n) is 7.40. The molecule has 1 atom stereocenters. The van der Waals surface area contributed by atoms with Gasteiger partial charge in [0.05, 0.1) is 11.2 Å². The topological polar surface area (TPSA) is 51.5 Å². The predicted octanol–water partition coefficient (Wildman–Crippen LogP) is 3.56. The standard InChI is InChI=1S/C19H13N2O2/c22-12-13-5-7-14(8-6-13)19-11-18(21-23-19)16-9-10-20-17-4-2-1-3-15(16)17/h1-10,19H,11H2. The van der Waals surface area contributed by atoms with Crippen LogP contribution in [0.15, 0.2) is 65.9 Å². The molecule has 0 spiro atoms. The Morgan fingerprint density at radius 2 is 1.87 bits per heavy atom. The van der Waals surface area contributed by atoms with Gasteiger partial charge in [0, 0.05) is 29.1 Å². The fraction of sp³-hybridized carbons (Fsp3) is 0.105. The van der Waals surface area contributed by atoms with Crippen LogP contribution in [0.5, 0.6) is 0 Å². The molecule has 1 unspecified atom stereocenters. The lowest BCUT2D eigenvalue weighted by Crippen LogP contribution is -2.03. The highest BCUT2D eigenvalue weighted by molar-refractivity contribution is 6.10. The molecule has 1 radical (unpaired) electrons. The number of carbonyl (C=O) groups excluding carboxylic acids is 1. The molecule has 3 aromatic rings. The van der Waals surface area contributed by atoms with E-state index in [-0.39, 0.29) is 6.10 Å². The molecule has 1 aromatic heterocycles. The maximum Gasteiger partial charge on any atom is 0.233 e. The van der Waals surface area contributed by atoms with Gasteiger partial charge in [0.1, 0.15) is 0 Å². The number of rotatable bonds is 3.